The van der Waals surface area contributed by atoms with Gasteiger partial charge >= 0.3 is 0 Å². The molecule has 0 aromatic carbocycles. The van der Waals surface area contributed by atoms with Crippen LogP contribution < -0.4 is 0 Å². The lowest BCUT2D eigenvalue weighted by Crippen LogP contribution is -2.37. The number of carbonyl (C=O) groups is 1. The summed E-state index contributed by atoms with van der Waals surface area (Å²) in [7, 11) is 0.504. The topological polar surface area (TPSA) is 29.5 Å². The third-order valence-electron chi connectivity index (χ3n) is 3.36. The van der Waals surface area contributed by atoms with Crippen molar-refractivity contribution in [1.29, 1.82) is 0 Å². The van der Waals surface area contributed by atoms with E-state index in [0.717, 1.165) is 38.8 Å². The second kappa shape index (κ2) is 10.1. The fraction of sp³-hybridized carbons (Fsp3) is 0.923. The van der Waals surface area contributed by atoms with E-state index in [1.807, 2.05) is 6.26 Å². The maximum absolute atomic E-state index is 12.1. The molecule has 1 unspecified atom stereocenters. The first-order valence-electron chi connectivity index (χ1n) is 6.98. The minimum Gasteiger partial charge on any atom is -0.349 e. The third kappa shape index (κ3) is 5.90. The molecular weight excluding hydrogens is 265 g/mol. The molecule has 1 rings (SSSR count). The molecule has 1 heterocycles. The highest BCUT2D eigenvalue weighted by Gasteiger charge is 2.28. The van der Waals surface area contributed by atoms with E-state index in [2.05, 4.69) is 11.8 Å². The van der Waals surface area contributed by atoms with E-state index < -0.39 is 0 Å². The number of hydrogen-bond donors (Lipinski definition) is 0. The summed E-state index contributed by atoms with van der Waals surface area (Å²) in [5.41, 5.74) is 0. The molecule has 5 heteroatoms. The Morgan fingerprint density at radius 2 is 2.28 bits per heavy atom. The fourth-order valence-corrected chi connectivity index (χ4v) is 3.31. The summed E-state index contributed by atoms with van der Waals surface area (Å²) in [4.78, 5) is 14.2. The summed E-state index contributed by atoms with van der Waals surface area (Å²) in [5, 5.41) is 0. The third-order valence-corrected chi connectivity index (χ3v) is 4.66. The van der Waals surface area contributed by atoms with E-state index in [4.69, 9.17) is 4.52 Å². The molecule has 1 aliphatic rings. The van der Waals surface area contributed by atoms with E-state index in [9.17, 15) is 4.79 Å². The van der Waals surface area contributed by atoms with Crippen LogP contribution in [0.5, 0.6) is 0 Å². The Morgan fingerprint density at radius 3 is 3.00 bits per heavy atom. The second-order valence-corrected chi connectivity index (χ2v) is 7.38. The maximum atomic E-state index is 12.1. The molecule has 0 aromatic heterocycles. The van der Waals surface area contributed by atoms with Gasteiger partial charge in [-0.2, -0.15) is 0 Å². The molecule has 106 valence electrons. The van der Waals surface area contributed by atoms with Gasteiger partial charge in [0, 0.05) is 13.0 Å². The lowest BCUT2D eigenvalue weighted by molar-refractivity contribution is -0.132. The van der Waals surface area contributed by atoms with Crippen molar-refractivity contribution in [3.63, 3.8) is 0 Å². The van der Waals surface area contributed by atoms with Crippen LogP contribution in [0.1, 0.15) is 51.9 Å². The number of amides is 1. The predicted octanol–water partition coefficient (Wildman–Crippen LogP) is 3.84. The van der Waals surface area contributed by atoms with Crippen molar-refractivity contribution in [3.8, 4) is 0 Å². The van der Waals surface area contributed by atoms with Crippen LogP contribution >= 0.6 is 19.4 Å². The summed E-state index contributed by atoms with van der Waals surface area (Å²) < 4.78 is 5.59. The molecule has 0 spiro atoms. The van der Waals surface area contributed by atoms with E-state index >= 15 is 0 Å². The monoisotopic (exact) mass is 291 g/mol. The normalized spacial score (nSPS) is 20.1. The van der Waals surface area contributed by atoms with Crippen molar-refractivity contribution >= 4 is 25.3 Å². The average molecular weight is 291 g/mol. The lowest BCUT2D eigenvalue weighted by atomic mass is 10.1. The highest BCUT2D eigenvalue weighted by molar-refractivity contribution is 8.47. The van der Waals surface area contributed by atoms with Gasteiger partial charge in [-0.25, -0.2) is 0 Å². The Labute approximate surface area is 117 Å². The second-order valence-electron chi connectivity index (χ2n) is 4.79. The minimum atomic E-state index is 0.336. The Hall–Kier alpha value is 0.210. The van der Waals surface area contributed by atoms with Crippen LogP contribution in [0.4, 0.5) is 0 Å². The van der Waals surface area contributed by atoms with Crippen molar-refractivity contribution in [3.05, 3.63) is 0 Å². The molecule has 0 radical (unpaired) electrons. The summed E-state index contributed by atoms with van der Waals surface area (Å²) in [6.07, 6.45) is 9.72. The summed E-state index contributed by atoms with van der Waals surface area (Å²) in [6.45, 7) is 3.85. The largest absolute Gasteiger partial charge is 0.349 e. The fourth-order valence-electron chi connectivity index (χ4n) is 2.37. The number of unbranched alkanes of at least 4 members (excludes halogenated alkanes) is 3. The Kier molecular flexibility index (Phi) is 9.08. The lowest BCUT2D eigenvalue weighted by Gasteiger charge is -2.24. The number of likely N-dealkylation sites (tertiary alicyclic amines) is 1. The smallest absolute Gasteiger partial charge is 0.222 e. The molecule has 0 bridgehead atoms. The van der Waals surface area contributed by atoms with E-state index in [-0.39, 0.29) is 0 Å². The molecule has 0 N–H and O–H groups in total. The van der Waals surface area contributed by atoms with Gasteiger partial charge in [0.05, 0.1) is 20.7 Å². The Balaban J connectivity index is 2.22. The first-order chi connectivity index (χ1) is 8.79. The molecule has 1 saturated heterocycles. The van der Waals surface area contributed by atoms with Crippen LogP contribution in [0.3, 0.4) is 0 Å². The first-order valence-corrected chi connectivity index (χ1v) is 9.84. The molecule has 0 aliphatic carbocycles. The maximum Gasteiger partial charge on any atom is 0.222 e. The van der Waals surface area contributed by atoms with Crippen molar-refractivity contribution in [2.24, 2.45) is 0 Å². The molecule has 2 atom stereocenters. The molecule has 18 heavy (non-hydrogen) atoms. The molecule has 0 aromatic rings. The van der Waals surface area contributed by atoms with Gasteiger partial charge in [0.15, 0.2) is 0 Å². The van der Waals surface area contributed by atoms with Crippen LogP contribution in [-0.2, 0) is 9.32 Å². The van der Waals surface area contributed by atoms with Gasteiger partial charge in [0.1, 0.15) is 0 Å². The number of rotatable bonds is 9. The average Bonchev–Trinajstić information content (AvgIpc) is 2.83. The Morgan fingerprint density at radius 1 is 1.44 bits per heavy atom. The number of carbonyl (C=O) groups excluding carboxylic acids is 1. The highest BCUT2D eigenvalue weighted by Crippen LogP contribution is 2.29. The van der Waals surface area contributed by atoms with Crippen molar-refractivity contribution in [1.82, 2.24) is 4.90 Å². The van der Waals surface area contributed by atoms with Crippen LogP contribution in [0.2, 0.25) is 0 Å². The molecular formula is C13H26NO2PS. The highest BCUT2D eigenvalue weighted by atomic mass is 32.7. The molecule has 0 saturated carbocycles. The molecule has 1 fully saturated rings. The van der Waals surface area contributed by atoms with Gasteiger partial charge in [0.2, 0.25) is 5.91 Å². The molecule has 1 aliphatic heterocycles. The number of nitrogens with zero attached hydrogens (tertiary/aromatic N) is 1. The van der Waals surface area contributed by atoms with Gasteiger partial charge in [-0.05, 0) is 25.5 Å². The van der Waals surface area contributed by atoms with Gasteiger partial charge < -0.3 is 9.42 Å². The zero-order valence-corrected chi connectivity index (χ0v) is 13.4. The predicted molar refractivity (Wildman–Crippen MR) is 81.3 cm³/mol. The minimum absolute atomic E-state index is 0.336. The summed E-state index contributed by atoms with van der Waals surface area (Å²) >= 11 is 1.72. The summed E-state index contributed by atoms with van der Waals surface area (Å²) in [5.74, 6) is 0.338. The van der Waals surface area contributed by atoms with Crippen LogP contribution in [0.25, 0.3) is 0 Å². The van der Waals surface area contributed by atoms with Gasteiger partial charge in [-0.3, -0.25) is 4.79 Å². The van der Waals surface area contributed by atoms with Crippen LogP contribution in [-0.4, -0.2) is 36.3 Å². The van der Waals surface area contributed by atoms with Crippen LogP contribution in [0.15, 0.2) is 0 Å². The number of hydrogen-bond acceptors (Lipinski definition) is 3. The molecule has 1 amide bonds. The quantitative estimate of drug-likeness (QED) is 0.477. The van der Waals surface area contributed by atoms with Gasteiger partial charge in [-0.15, -0.1) is 11.4 Å². The van der Waals surface area contributed by atoms with Gasteiger partial charge in [-0.1, -0.05) is 26.2 Å². The standard InChI is InChI=1S/C13H26NO2PS/c1-3-4-5-6-9-13(15)14-10-7-8-12(14)11-16-17-18-2/h12,17H,3-11H2,1-2H3/t12-/m0/s1. The van der Waals surface area contributed by atoms with E-state index in [0.29, 0.717) is 20.0 Å². The van der Waals surface area contributed by atoms with Gasteiger partial charge in [0.25, 0.3) is 0 Å². The van der Waals surface area contributed by atoms with Crippen LogP contribution in [0, 0.1) is 0 Å². The SMILES string of the molecule is CCCCCCC(=O)N1CCC[C@H]1COPSC. The van der Waals surface area contributed by atoms with Crippen molar-refractivity contribution < 1.29 is 9.32 Å². The Bertz CT molecular complexity index is 241. The van der Waals surface area contributed by atoms with E-state index in [1.54, 1.807) is 11.4 Å². The summed E-state index contributed by atoms with van der Waals surface area (Å²) in [6, 6.07) is 0.336. The van der Waals surface area contributed by atoms with Crippen molar-refractivity contribution in [2.45, 2.75) is 57.9 Å². The van der Waals surface area contributed by atoms with Crippen molar-refractivity contribution in [2.75, 3.05) is 19.4 Å². The zero-order valence-electron chi connectivity index (χ0n) is 11.6. The first kappa shape index (κ1) is 16.3. The molecule has 3 nitrogen and oxygen atoms in total. The zero-order chi connectivity index (χ0) is 13.2. The van der Waals surface area contributed by atoms with E-state index in [1.165, 1.54) is 19.3 Å².